The first kappa shape index (κ1) is 18.8. The largest absolute Gasteiger partial charge is 0.379 e. The van der Waals surface area contributed by atoms with E-state index in [-0.39, 0.29) is 17.8 Å². The topological polar surface area (TPSA) is 97.0 Å². The molecule has 2 rings (SSSR count). The molecule has 0 saturated heterocycles. The van der Waals surface area contributed by atoms with Crippen LogP contribution in [0.3, 0.4) is 0 Å². The van der Waals surface area contributed by atoms with Crippen molar-refractivity contribution in [3.8, 4) is 0 Å². The van der Waals surface area contributed by atoms with Crippen LogP contribution in [-0.4, -0.2) is 39.6 Å². The quantitative estimate of drug-likeness (QED) is 0.538. The molecule has 0 saturated carbocycles. The number of ketones is 1. The third-order valence-electron chi connectivity index (χ3n) is 3.59. The predicted molar refractivity (Wildman–Crippen MR) is 94.8 cm³/mol. The fourth-order valence-corrected chi connectivity index (χ4v) is 2.22. The fourth-order valence-electron chi connectivity index (χ4n) is 2.22. The lowest BCUT2D eigenvalue weighted by molar-refractivity contribution is 0.0748. The van der Waals surface area contributed by atoms with E-state index in [0.717, 1.165) is 18.5 Å². The number of nitrogens with one attached hydrogen (secondary N) is 2. The summed E-state index contributed by atoms with van der Waals surface area (Å²) in [7, 11) is 0. The Balaban J connectivity index is 1.89. The summed E-state index contributed by atoms with van der Waals surface area (Å²) < 4.78 is 5.45. The summed E-state index contributed by atoms with van der Waals surface area (Å²) in [5.74, 6) is -0.410. The Bertz CT molecular complexity index is 707. The number of aryl methyl sites for hydroxylation is 1. The van der Waals surface area contributed by atoms with Gasteiger partial charge in [0.25, 0.3) is 5.91 Å². The number of hydrogen-bond donors (Lipinski definition) is 2. The van der Waals surface area contributed by atoms with Gasteiger partial charge in [-0.15, -0.1) is 0 Å². The molecule has 134 valence electrons. The minimum absolute atomic E-state index is 0.0839. The summed E-state index contributed by atoms with van der Waals surface area (Å²) in [5, 5.41) is 9.25. The minimum atomic E-state index is -0.326. The third kappa shape index (κ3) is 5.79. The van der Waals surface area contributed by atoms with Gasteiger partial charge in [0.2, 0.25) is 0 Å². The Labute approximate surface area is 147 Å². The van der Waals surface area contributed by atoms with Gasteiger partial charge in [-0.3, -0.25) is 19.7 Å². The van der Waals surface area contributed by atoms with Gasteiger partial charge in [0.05, 0.1) is 23.6 Å². The zero-order valence-corrected chi connectivity index (χ0v) is 14.8. The number of carbonyl (C=O) groups is 2. The van der Waals surface area contributed by atoms with E-state index < -0.39 is 0 Å². The molecule has 0 radical (unpaired) electrons. The van der Waals surface area contributed by atoms with Crippen molar-refractivity contribution in [3.05, 3.63) is 41.5 Å². The van der Waals surface area contributed by atoms with Gasteiger partial charge in [0.15, 0.2) is 5.78 Å². The zero-order valence-electron chi connectivity index (χ0n) is 14.8. The molecular weight excluding hydrogens is 320 g/mol. The minimum Gasteiger partial charge on any atom is -0.379 e. The smallest absolute Gasteiger partial charge is 0.257 e. The van der Waals surface area contributed by atoms with E-state index in [1.54, 1.807) is 12.1 Å². The highest BCUT2D eigenvalue weighted by Crippen LogP contribution is 2.16. The van der Waals surface area contributed by atoms with Gasteiger partial charge in [-0.1, -0.05) is 0 Å². The summed E-state index contributed by atoms with van der Waals surface area (Å²) in [6, 6.07) is 3.45. The molecule has 1 amide bonds. The second-order valence-electron chi connectivity index (χ2n) is 6.10. The highest BCUT2D eigenvalue weighted by Gasteiger charge is 2.16. The van der Waals surface area contributed by atoms with Crippen LogP contribution in [-0.2, 0) is 4.74 Å². The van der Waals surface area contributed by atoms with E-state index in [2.05, 4.69) is 20.5 Å². The number of hydrogen-bond acceptors (Lipinski definition) is 5. The second-order valence-corrected chi connectivity index (χ2v) is 6.10. The molecule has 0 aliphatic carbocycles. The lowest BCUT2D eigenvalue weighted by Gasteiger charge is -2.07. The van der Waals surface area contributed by atoms with E-state index >= 15 is 0 Å². The highest BCUT2D eigenvalue weighted by atomic mass is 16.5. The van der Waals surface area contributed by atoms with Crippen LogP contribution in [0.1, 0.15) is 59.7 Å². The first-order valence-electron chi connectivity index (χ1n) is 8.39. The number of amides is 1. The van der Waals surface area contributed by atoms with E-state index in [1.165, 1.54) is 12.4 Å². The molecule has 2 aromatic heterocycles. The SMILES string of the molecule is Cc1ccc(C(=O)Nc2cn[nH]c2C(=O)CCCCOC(C)C)cn1. The van der Waals surface area contributed by atoms with Crippen molar-refractivity contribution in [2.24, 2.45) is 0 Å². The molecule has 0 spiro atoms. The number of carbonyl (C=O) groups excluding carboxylic acids is 2. The molecule has 25 heavy (non-hydrogen) atoms. The molecule has 0 aromatic carbocycles. The standard InChI is InChI=1S/C18H24N4O3/c1-12(2)25-9-5-4-6-16(23)17-15(11-20-22-17)21-18(24)14-8-7-13(3)19-10-14/h7-8,10-12H,4-6,9H2,1-3H3,(H,20,22)(H,21,24). The first-order valence-corrected chi connectivity index (χ1v) is 8.39. The molecule has 7 nitrogen and oxygen atoms in total. The van der Waals surface area contributed by atoms with Crippen molar-refractivity contribution in [3.63, 3.8) is 0 Å². The number of anilines is 1. The maximum Gasteiger partial charge on any atom is 0.257 e. The van der Waals surface area contributed by atoms with Crippen LogP contribution in [0.25, 0.3) is 0 Å². The van der Waals surface area contributed by atoms with Crippen molar-refractivity contribution in [2.45, 2.75) is 46.1 Å². The van der Waals surface area contributed by atoms with Gasteiger partial charge in [-0.2, -0.15) is 5.10 Å². The number of Topliss-reactive ketones (excluding diaryl/α,β-unsaturated/α-hetero) is 1. The highest BCUT2D eigenvalue weighted by molar-refractivity contribution is 6.08. The first-order chi connectivity index (χ1) is 12.0. The molecule has 2 aromatic rings. The number of nitrogens with zero attached hydrogens (tertiary/aromatic N) is 2. The fraction of sp³-hybridized carbons (Fsp3) is 0.444. The summed E-state index contributed by atoms with van der Waals surface area (Å²) >= 11 is 0. The molecule has 0 aliphatic rings. The molecular formula is C18H24N4O3. The Hall–Kier alpha value is -2.54. The molecule has 7 heteroatoms. The lowest BCUT2D eigenvalue weighted by atomic mass is 10.1. The number of rotatable bonds is 9. The number of unbranched alkanes of at least 4 members (excludes halogenated alkanes) is 1. The van der Waals surface area contributed by atoms with Crippen molar-refractivity contribution in [2.75, 3.05) is 11.9 Å². The summed E-state index contributed by atoms with van der Waals surface area (Å²) in [6.45, 7) is 6.45. The van der Waals surface area contributed by atoms with Crippen molar-refractivity contribution < 1.29 is 14.3 Å². The molecule has 0 fully saturated rings. The molecule has 0 unspecified atom stereocenters. The van der Waals surface area contributed by atoms with Crippen LogP contribution in [0, 0.1) is 6.92 Å². The van der Waals surface area contributed by atoms with Crippen LogP contribution in [0.2, 0.25) is 0 Å². The zero-order chi connectivity index (χ0) is 18.2. The number of H-pyrrole nitrogens is 1. The number of aromatic nitrogens is 3. The Morgan fingerprint density at radius 2 is 2.04 bits per heavy atom. The molecule has 2 heterocycles. The average Bonchev–Trinajstić information content (AvgIpc) is 3.02. The van der Waals surface area contributed by atoms with Crippen LogP contribution < -0.4 is 5.32 Å². The molecule has 2 N–H and O–H groups in total. The van der Waals surface area contributed by atoms with Crippen LogP contribution in [0.4, 0.5) is 5.69 Å². The normalized spacial score (nSPS) is 10.9. The third-order valence-corrected chi connectivity index (χ3v) is 3.59. The summed E-state index contributed by atoms with van der Waals surface area (Å²) in [6.07, 6.45) is 5.05. The number of aromatic amines is 1. The van der Waals surface area contributed by atoms with Gasteiger partial charge < -0.3 is 10.1 Å². The van der Waals surface area contributed by atoms with Crippen molar-refractivity contribution in [1.82, 2.24) is 15.2 Å². The monoisotopic (exact) mass is 344 g/mol. The van der Waals surface area contributed by atoms with Gasteiger partial charge in [0, 0.05) is 24.9 Å². The van der Waals surface area contributed by atoms with Crippen molar-refractivity contribution in [1.29, 1.82) is 0 Å². The maximum atomic E-state index is 12.3. The molecule has 0 aliphatic heterocycles. The second kappa shape index (κ2) is 9.08. The predicted octanol–water partition coefficient (Wildman–Crippen LogP) is 3.14. The average molecular weight is 344 g/mol. The van der Waals surface area contributed by atoms with E-state index in [1.807, 2.05) is 20.8 Å². The van der Waals surface area contributed by atoms with Crippen LogP contribution in [0.15, 0.2) is 24.5 Å². The Kier molecular flexibility index (Phi) is 6.82. The van der Waals surface area contributed by atoms with E-state index in [4.69, 9.17) is 4.74 Å². The van der Waals surface area contributed by atoms with Gasteiger partial charge in [-0.25, -0.2) is 0 Å². The summed E-state index contributed by atoms with van der Waals surface area (Å²) in [5.41, 5.74) is 1.96. The van der Waals surface area contributed by atoms with E-state index in [0.29, 0.717) is 30.0 Å². The molecule has 0 bridgehead atoms. The van der Waals surface area contributed by atoms with Crippen LogP contribution >= 0.6 is 0 Å². The van der Waals surface area contributed by atoms with Crippen molar-refractivity contribution >= 4 is 17.4 Å². The van der Waals surface area contributed by atoms with E-state index in [9.17, 15) is 9.59 Å². The lowest BCUT2D eigenvalue weighted by Crippen LogP contribution is -2.14. The van der Waals surface area contributed by atoms with Crippen LogP contribution in [0.5, 0.6) is 0 Å². The summed E-state index contributed by atoms with van der Waals surface area (Å²) in [4.78, 5) is 28.6. The number of ether oxygens (including phenoxy) is 1. The van der Waals surface area contributed by atoms with Gasteiger partial charge >= 0.3 is 0 Å². The van der Waals surface area contributed by atoms with Gasteiger partial charge in [0.1, 0.15) is 5.69 Å². The number of pyridine rings is 1. The maximum absolute atomic E-state index is 12.3. The molecule has 0 atom stereocenters. The van der Waals surface area contributed by atoms with Gasteiger partial charge in [-0.05, 0) is 45.7 Å². The Morgan fingerprint density at radius 1 is 1.24 bits per heavy atom. The Morgan fingerprint density at radius 3 is 2.72 bits per heavy atom.